The van der Waals surface area contributed by atoms with Crippen molar-refractivity contribution in [3.63, 3.8) is 0 Å². The fourth-order valence-corrected chi connectivity index (χ4v) is 4.62. The fraction of sp³-hybridized carbons (Fsp3) is 0.762. The first-order valence-electron chi connectivity index (χ1n) is 10.9. The van der Waals surface area contributed by atoms with E-state index in [-0.39, 0.29) is 11.8 Å². The Hall–Kier alpha value is -1.89. The van der Waals surface area contributed by atoms with Crippen LogP contribution in [0.4, 0.5) is 0 Å². The first-order valence-corrected chi connectivity index (χ1v) is 10.9. The summed E-state index contributed by atoms with van der Waals surface area (Å²) in [5.41, 5.74) is 0.999. The zero-order valence-electron chi connectivity index (χ0n) is 17.0. The molecule has 0 unspecified atom stereocenters. The zero-order chi connectivity index (χ0) is 19.5. The molecule has 1 saturated carbocycles. The Balaban J connectivity index is 1.20. The molecule has 1 aromatic rings. The van der Waals surface area contributed by atoms with Crippen molar-refractivity contribution >= 4 is 11.8 Å². The molecular weight excluding hydrogens is 354 g/mol. The van der Waals surface area contributed by atoms with Gasteiger partial charge < -0.3 is 10.2 Å². The van der Waals surface area contributed by atoms with Gasteiger partial charge in [-0.2, -0.15) is 5.10 Å². The lowest BCUT2D eigenvalue weighted by Gasteiger charge is -2.42. The van der Waals surface area contributed by atoms with Gasteiger partial charge in [-0.05, 0) is 58.1 Å². The summed E-state index contributed by atoms with van der Waals surface area (Å²) in [6.07, 6.45) is 8.27. The maximum Gasteiger partial charge on any atom is 0.225 e. The van der Waals surface area contributed by atoms with E-state index in [1.165, 1.54) is 0 Å². The van der Waals surface area contributed by atoms with Crippen LogP contribution in [0.1, 0.15) is 44.2 Å². The normalized spacial score (nSPS) is 24.3. The number of hydrogen-bond donors (Lipinski definition) is 1. The standard InChI is InChI=1S/C21H33N5O2/c1-16-6-13-26(23-16)14-9-22-20(27)18-3-2-10-25(15-18)19-7-11-24(12-8-19)21(28)17-4-5-17/h6,13,17-19H,2-5,7-12,14-15H2,1H3,(H,22,27)/t18-/m1/s1. The second-order valence-electron chi connectivity index (χ2n) is 8.68. The van der Waals surface area contributed by atoms with Gasteiger partial charge in [-0.15, -0.1) is 0 Å². The van der Waals surface area contributed by atoms with Gasteiger partial charge in [0.25, 0.3) is 0 Å². The Bertz CT molecular complexity index is 691. The van der Waals surface area contributed by atoms with Crippen molar-refractivity contribution < 1.29 is 9.59 Å². The molecule has 1 aromatic heterocycles. The number of amides is 2. The van der Waals surface area contributed by atoms with Gasteiger partial charge >= 0.3 is 0 Å². The van der Waals surface area contributed by atoms with E-state index < -0.39 is 0 Å². The minimum Gasteiger partial charge on any atom is -0.354 e. The lowest BCUT2D eigenvalue weighted by molar-refractivity contribution is -0.134. The molecule has 1 N–H and O–H groups in total. The average Bonchev–Trinajstić information content (AvgIpc) is 3.49. The van der Waals surface area contributed by atoms with Crippen molar-refractivity contribution in [2.75, 3.05) is 32.7 Å². The summed E-state index contributed by atoms with van der Waals surface area (Å²) < 4.78 is 1.87. The van der Waals surface area contributed by atoms with Gasteiger partial charge in [0.05, 0.1) is 18.2 Å². The lowest BCUT2D eigenvalue weighted by atomic mass is 9.93. The molecule has 3 fully saturated rings. The highest BCUT2D eigenvalue weighted by atomic mass is 16.2. The summed E-state index contributed by atoms with van der Waals surface area (Å²) in [5.74, 6) is 0.959. The molecule has 3 heterocycles. The zero-order valence-corrected chi connectivity index (χ0v) is 17.0. The quantitative estimate of drug-likeness (QED) is 0.801. The van der Waals surface area contributed by atoms with Gasteiger partial charge in [-0.1, -0.05) is 0 Å². The monoisotopic (exact) mass is 387 g/mol. The van der Waals surface area contributed by atoms with Crippen molar-refractivity contribution in [3.8, 4) is 0 Å². The van der Waals surface area contributed by atoms with Gasteiger partial charge in [-0.25, -0.2) is 0 Å². The Morgan fingerprint density at radius 1 is 1.11 bits per heavy atom. The number of hydrogen-bond acceptors (Lipinski definition) is 4. The van der Waals surface area contributed by atoms with E-state index in [4.69, 9.17) is 0 Å². The first kappa shape index (κ1) is 19.4. The third kappa shape index (κ3) is 4.74. The fourth-order valence-electron chi connectivity index (χ4n) is 4.62. The number of aromatic nitrogens is 2. The van der Waals surface area contributed by atoms with Crippen molar-refractivity contribution in [2.24, 2.45) is 11.8 Å². The maximum atomic E-state index is 12.6. The summed E-state index contributed by atoms with van der Waals surface area (Å²) in [5, 5.41) is 7.45. The second kappa shape index (κ2) is 8.64. The molecule has 154 valence electrons. The molecule has 28 heavy (non-hydrogen) atoms. The van der Waals surface area contributed by atoms with Gasteiger partial charge in [-0.3, -0.25) is 19.2 Å². The number of aryl methyl sites for hydroxylation is 1. The Labute approximate surface area is 167 Å². The van der Waals surface area contributed by atoms with Crippen LogP contribution in [-0.2, 0) is 16.1 Å². The van der Waals surface area contributed by atoms with E-state index in [1.807, 2.05) is 23.9 Å². The lowest BCUT2D eigenvalue weighted by Crippen LogP contribution is -2.51. The highest BCUT2D eigenvalue weighted by molar-refractivity contribution is 5.81. The summed E-state index contributed by atoms with van der Waals surface area (Å²) in [7, 11) is 0. The average molecular weight is 388 g/mol. The minimum atomic E-state index is 0.0826. The number of carbonyl (C=O) groups is 2. The number of nitrogens with one attached hydrogen (secondary N) is 1. The third-order valence-electron chi connectivity index (χ3n) is 6.46. The first-order chi connectivity index (χ1) is 13.6. The predicted octanol–water partition coefficient (Wildman–Crippen LogP) is 1.42. The third-order valence-corrected chi connectivity index (χ3v) is 6.46. The number of likely N-dealkylation sites (tertiary alicyclic amines) is 2. The van der Waals surface area contributed by atoms with Gasteiger partial charge in [0.15, 0.2) is 0 Å². The van der Waals surface area contributed by atoms with Gasteiger partial charge in [0, 0.05) is 44.3 Å². The van der Waals surface area contributed by atoms with Crippen LogP contribution in [0.25, 0.3) is 0 Å². The molecule has 2 amide bonds. The van der Waals surface area contributed by atoms with E-state index in [2.05, 4.69) is 20.2 Å². The summed E-state index contributed by atoms with van der Waals surface area (Å²) >= 11 is 0. The van der Waals surface area contributed by atoms with Crippen LogP contribution in [-0.4, -0.2) is 70.2 Å². The Morgan fingerprint density at radius 3 is 2.57 bits per heavy atom. The minimum absolute atomic E-state index is 0.0826. The molecule has 7 nitrogen and oxygen atoms in total. The van der Waals surface area contributed by atoms with Crippen LogP contribution in [0.5, 0.6) is 0 Å². The molecular formula is C21H33N5O2. The van der Waals surface area contributed by atoms with Crippen LogP contribution in [0.2, 0.25) is 0 Å². The van der Waals surface area contributed by atoms with Crippen LogP contribution >= 0.6 is 0 Å². The predicted molar refractivity (Wildman–Crippen MR) is 107 cm³/mol. The summed E-state index contributed by atoms with van der Waals surface area (Å²) in [6, 6.07) is 2.50. The van der Waals surface area contributed by atoms with Crippen LogP contribution < -0.4 is 5.32 Å². The molecule has 2 saturated heterocycles. The van der Waals surface area contributed by atoms with Crippen molar-refractivity contribution in [1.82, 2.24) is 24.9 Å². The number of rotatable bonds is 6. The molecule has 1 aliphatic carbocycles. The van der Waals surface area contributed by atoms with E-state index in [1.54, 1.807) is 0 Å². The SMILES string of the molecule is Cc1ccn(CCNC(=O)[C@@H]2CCCN(C3CCN(C(=O)C4CC4)CC3)C2)n1. The molecule has 0 aromatic carbocycles. The van der Waals surface area contributed by atoms with Crippen LogP contribution in [0.15, 0.2) is 12.3 Å². The largest absolute Gasteiger partial charge is 0.354 e. The molecule has 4 rings (SSSR count). The van der Waals surface area contributed by atoms with Crippen molar-refractivity contribution in [1.29, 1.82) is 0 Å². The van der Waals surface area contributed by atoms with Gasteiger partial charge in [0.1, 0.15) is 0 Å². The smallest absolute Gasteiger partial charge is 0.225 e. The van der Waals surface area contributed by atoms with Gasteiger partial charge in [0.2, 0.25) is 11.8 Å². The summed E-state index contributed by atoms with van der Waals surface area (Å²) in [4.78, 5) is 29.4. The molecule has 7 heteroatoms. The van der Waals surface area contributed by atoms with Crippen LogP contribution in [0, 0.1) is 18.8 Å². The molecule has 0 bridgehead atoms. The molecule has 3 aliphatic rings. The number of piperidine rings is 2. The van der Waals surface area contributed by atoms with E-state index >= 15 is 0 Å². The Kier molecular flexibility index (Phi) is 5.99. The molecule has 1 atom stereocenters. The second-order valence-corrected chi connectivity index (χ2v) is 8.68. The topological polar surface area (TPSA) is 70.5 Å². The van der Waals surface area contributed by atoms with Crippen LogP contribution in [0.3, 0.4) is 0 Å². The Morgan fingerprint density at radius 2 is 1.89 bits per heavy atom. The molecule has 0 spiro atoms. The van der Waals surface area contributed by atoms with E-state index in [0.717, 1.165) is 70.4 Å². The molecule has 2 aliphatic heterocycles. The highest BCUT2D eigenvalue weighted by Gasteiger charge is 2.37. The van der Waals surface area contributed by atoms with Crippen molar-refractivity contribution in [3.05, 3.63) is 18.0 Å². The van der Waals surface area contributed by atoms with E-state index in [0.29, 0.717) is 31.0 Å². The van der Waals surface area contributed by atoms with E-state index in [9.17, 15) is 9.59 Å². The highest BCUT2D eigenvalue weighted by Crippen LogP contribution is 2.32. The summed E-state index contributed by atoms with van der Waals surface area (Å²) in [6.45, 7) is 7.01. The number of nitrogens with zero attached hydrogens (tertiary/aromatic N) is 4. The van der Waals surface area contributed by atoms with Crippen molar-refractivity contribution in [2.45, 2.75) is 58.0 Å². The number of carbonyl (C=O) groups excluding carboxylic acids is 2. The maximum absolute atomic E-state index is 12.6. The molecule has 0 radical (unpaired) electrons.